The monoisotopic (exact) mass is 422 g/mol. The van der Waals surface area contributed by atoms with Gasteiger partial charge in [0.05, 0.1) is 29.6 Å². The highest BCUT2D eigenvalue weighted by molar-refractivity contribution is 6.02. The molecule has 0 aromatic carbocycles. The van der Waals surface area contributed by atoms with E-state index >= 15 is 0 Å². The fourth-order valence-electron chi connectivity index (χ4n) is 4.37. The first-order chi connectivity index (χ1) is 14.8. The molecule has 4 rings (SSSR count). The SMILES string of the molecule is C[C@@H]1CN(/C=C(\C#N)C2=C(C(=N)C3CC3)COC(C)(C)C2)CCN1C(=O)c1ccoc1. The minimum absolute atomic E-state index is 0.0108. The Morgan fingerprint density at radius 2 is 2.10 bits per heavy atom. The lowest BCUT2D eigenvalue weighted by Gasteiger charge is -2.40. The van der Waals surface area contributed by atoms with E-state index in [2.05, 4.69) is 11.0 Å². The second kappa shape index (κ2) is 8.35. The molecule has 1 atom stereocenters. The molecule has 1 N–H and O–H groups in total. The summed E-state index contributed by atoms with van der Waals surface area (Å²) in [5, 5.41) is 18.6. The number of rotatable bonds is 5. The van der Waals surface area contributed by atoms with Crippen molar-refractivity contribution in [2.75, 3.05) is 26.2 Å². The average Bonchev–Trinajstić information content (AvgIpc) is 3.44. The van der Waals surface area contributed by atoms with Crippen molar-refractivity contribution < 1.29 is 13.9 Å². The summed E-state index contributed by atoms with van der Waals surface area (Å²) in [6.45, 7) is 8.36. The van der Waals surface area contributed by atoms with Gasteiger partial charge in [0.2, 0.25) is 0 Å². The zero-order valence-corrected chi connectivity index (χ0v) is 18.5. The summed E-state index contributed by atoms with van der Waals surface area (Å²) in [7, 11) is 0. The standard InChI is InChI=1S/C24H30N4O3/c1-16-12-27(7-8-28(16)23(29)18-6-9-30-14-18)13-19(11-25)20-10-24(2,3)31-15-21(20)22(26)17-4-5-17/h6,9,13-14,16-17,26H,4-5,7-8,10,12,15H2,1-3H3/b19-13+,26-22?/t16-/m1/s1. The smallest absolute Gasteiger partial charge is 0.257 e. The highest BCUT2D eigenvalue weighted by Crippen LogP contribution is 2.39. The summed E-state index contributed by atoms with van der Waals surface area (Å²) < 4.78 is 11.0. The van der Waals surface area contributed by atoms with E-state index in [0.717, 1.165) is 24.0 Å². The second-order valence-electron chi connectivity index (χ2n) is 9.38. The molecule has 7 nitrogen and oxygen atoms in total. The first kappa shape index (κ1) is 21.4. The van der Waals surface area contributed by atoms with E-state index in [1.165, 1.54) is 12.5 Å². The largest absolute Gasteiger partial charge is 0.472 e. The van der Waals surface area contributed by atoms with Crippen molar-refractivity contribution in [2.45, 2.75) is 51.7 Å². The molecule has 2 fully saturated rings. The van der Waals surface area contributed by atoms with Gasteiger partial charge in [0, 0.05) is 55.5 Å². The summed E-state index contributed by atoms with van der Waals surface area (Å²) in [6.07, 6.45) is 7.63. The molecule has 1 saturated heterocycles. The zero-order valence-electron chi connectivity index (χ0n) is 18.5. The van der Waals surface area contributed by atoms with E-state index in [1.54, 1.807) is 6.07 Å². The summed E-state index contributed by atoms with van der Waals surface area (Å²) in [5.41, 5.74) is 3.28. The summed E-state index contributed by atoms with van der Waals surface area (Å²) in [6, 6.07) is 4.08. The minimum atomic E-state index is -0.360. The maximum atomic E-state index is 12.7. The average molecular weight is 423 g/mol. The number of carbonyl (C=O) groups excluding carboxylic acids is 1. The van der Waals surface area contributed by atoms with Gasteiger partial charge in [-0.2, -0.15) is 5.26 Å². The van der Waals surface area contributed by atoms with E-state index in [4.69, 9.17) is 14.6 Å². The molecule has 2 aliphatic heterocycles. The van der Waals surface area contributed by atoms with Gasteiger partial charge < -0.3 is 24.4 Å². The molecule has 1 aromatic heterocycles. The normalized spacial score (nSPS) is 24.2. The summed E-state index contributed by atoms with van der Waals surface area (Å²) >= 11 is 0. The predicted octanol–water partition coefficient (Wildman–Crippen LogP) is 3.76. The Morgan fingerprint density at radius 3 is 2.71 bits per heavy atom. The first-order valence-corrected chi connectivity index (χ1v) is 10.9. The van der Waals surface area contributed by atoms with Crippen molar-refractivity contribution >= 4 is 11.6 Å². The molecule has 0 bridgehead atoms. The molecule has 31 heavy (non-hydrogen) atoms. The molecule has 0 unspecified atom stereocenters. The molecular weight excluding hydrogens is 392 g/mol. The molecule has 0 spiro atoms. The lowest BCUT2D eigenvalue weighted by molar-refractivity contribution is -0.0115. The molecule has 164 valence electrons. The Labute approximate surface area is 183 Å². The van der Waals surface area contributed by atoms with Gasteiger partial charge in [0.15, 0.2) is 0 Å². The van der Waals surface area contributed by atoms with Crippen LogP contribution in [0, 0.1) is 22.7 Å². The Kier molecular flexibility index (Phi) is 5.76. The molecule has 3 heterocycles. The van der Waals surface area contributed by atoms with Crippen molar-refractivity contribution in [2.24, 2.45) is 5.92 Å². The van der Waals surface area contributed by atoms with Crippen LogP contribution in [0.5, 0.6) is 0 Å². The van der Waals surface area contributed by atoms with Crippen molar-refractivity contribution in [3.8, 4) is 6.07 Å². The van der Waals surface area contributed by atoms with Crippen LogP contribution in [0.4, 0.5) is 0 Å². The lowest BCUT2D eigenvalue weighted by Crippen LogP contribution is -2.52. The Morgan fingerprint density at radius 1 is 1.32 bits per heavy atom. The topological polar surface area (TPSA) is 93.6 Å². The summed E-state index contributed by atoms with van der Waals surface area (Å²) in [4.78, 5) is 16.7. The maximum Gasteiger partial charge on any atom is 0.257 e. The van der Waals surface area contributed by atoms with Gasteiger partial charge >= 0.3 is 0 Å². The number of carbonyl (C=O) groups is 1. The van der Waals surface area contributed by atoms with Gasteiger partial charge in [0.1, 0.15) is 12.3 Å². The van der Waals surface area contributed by atoms with E-state index in [0.29, 0.717) is 55.4 Å². The van der Waals surface area contributed by atoms with Crippen LogP contribution in [0.3, 0.4) is 0 Å². The number of nitrogens with zero attached hydrogens (tertiary/aromatic N) is 3. The minimum Gasteiger partial charge on any atom is -0.472 e. The molecular formula is C24H30N4O3. The predicted molar refractivity (Wildman–Crippen MR) is 117 cm³/mol. The molecule has 1 aromatic rings. The van der Waals surface area contributed by atoms with Crippen LogP contribution in [-0.4, -0.2) is 59.3 Å². The van der Waals surface area contributed by atoms with Crippen molar-refractivity contribution in [1.82, 2.24) is 9.80 Å². The quantitative estimate of drug-likeness (QED) is 0.576. The molecule has 1 amide bonds. The van der Waals surface area contributed by atoms with Crippen molar-refractivity contribution in [1.29, 1.82) is 10.7 Å². The number of allylic oxidation sites excluding steroid dienone is 1. The number of ether oxygens (including phenoxy) is 1. The van der Waals surface area contributed by atoms with Gasteiger partial charge in [-0.25, -0.2) is 0 Å². The fraction of sp³-hybridized carbons (Fsp3) is 0.542. The Balaban J connectivity index is 1.54. The van der Waals surface area contributed by atoms with Gasteiger partial charge in [-0.1, -0.05) is 0 Å². The third-order valence-corrected chi connectivity index (χ3v) is 6.33. The molecule has 3 aliphatic rings. The van der Waals surface area contributed by atoms with E-state index in [9.17, 15) is 10.1 Å². The number of hydrogen-bond donors (Lipinski definition) is 1. The van der Waals surface area contributed by atoms with Crippen LogP contribution < -0.4 is 0 Å². The van der Waals surface area contributed by atoms with Crippen LogP contribution in [0.15, 0.2) is 45.9 Å². The highest BCUT2D eigenvalue weighted by Gasteiger charge is 2.36. The van der Waals surface area contributed by atoms with Gasteiger partial charge in [-0.15, -0.1) is 0 Å². The van der Waals surface area contributed by atoms with Crippen LogP contribution in [-0.2, 0) is 4.74 Å². The van der Waals surface area contributed by atoms with Crippen LogP contribution in [0.25, 0.3) is 0 Å². The third-order valence-electron chi connectivity index (χ3n) is 6.33. The molecule has 0 radical (unpaired) electrons. The summed E-state index contributed by atoms with van der Waals surface area (Å²) in [5.74, 6) is 0.284. The number of hydrogen-bond acceptors (Lipinski definition) is 6. The van der Waals surface area contributed by atoms with Crippen molar-refractivity contribution in [3.63, 3.8) is 0 Å². The highest BCUT2D eigenvalue weighted by atomic mass is 16.5. The Bertz CT molecular complexity index is 963. The van der Waals surface area contributed by atoms with Gasteiger partial charge in [-0.3, -0.25) is 4.79 Å². The number of nitrogens with one attached hydrogen (secondary N) is 1. The second-order valence-corrected chi connectivity index (χ2v) is 9.38. The number of nitriles is 1. The lowest BCUT2D eigenvalue weighted by atomic mass is 9.85. The molecule has 1 saturated carbocycles. The van der Waals surface area contributed by atoms with E-state index < -0.39 is 0 Å². The first-order valence-electron chi connectivity index (χ1n) is 10.9. The van der Waals surface area contributed by atoms with E-state index in [-0.39, 0.29) is 17.6 Å². The maximum absolute atomic E-state index is 12.7. The number of amides is 1. The van der Waals surface area contributed by atoms with Gasteiger partial charge in [-0.05, 0) is 45.3 Å². The van der Waals surface area contributed by atoms with Crippen molar-refractivity contribution in [3.05, 3.63) is 47.1 Å². The Hall–Kier alpha value is -2.85. The number of furan rings is 1. The van der Waals surface area contributed by atoms with Crippen LogP contribution in [0.1, 0.15) is 50.4 Å². The van der Waals surface area contributed by atoms with Gasteiger partial charge in [0.25, 0.3) is 5.91 Å². The fourth-order valence-corrected chi connectivity index (χ4v) is 4.37. The zero-order chi connectivity index (χ0) is 22.2. The van der Waals surface area contributed by atoms with Crippen LogP contribution >= 0.6 is 0 Å². The third kappa shape index (κ3) is 4.59. The van der Waals surface area contributed by atoms with Crippen LogP contribution in [0.2, 0.25) is 0 Å². The molecule has 1 aliphatic carbocycles. The van der Waals surface area contributed by atoms with E-state index in [1.807, 2.05) is 31.9 Å². The molecule has 7 heteroatoms. The number of piperazine rings is 1.